The van der Waals surface area contributed by atoms with E-state index in [1.54, 1.807) is 0 Å². The number of halogens is 1. The summed E-state index contributed by atoms with van der Waals surface area (Å²) >= 11 is 3.61. The van der Waals surface area contributed by atoms with Gasteiger partial charge in [-0.3, -0.25) is 0 Å². The summed E-state index contributed by atoms with van der Waals surface area (Å²) in [6, 6.07) is 6.36. The van der Waals surface area contributed by atoms with Crippen molar-refractivity contribution in [2.24, 2.45) is 5.92 Å². The zero-order valence-corrected chi connectivity index (χ0v) is 9.56. The highest BCUT2D eigenvalue weighted by atomic mass is 79.9. The highest BCUT2D eigenvalue weighted by Crippen LogP contribution is 2.39. The van der Waals surface area contributed by atoms with Crippen molar-refractivity contribution in [3.05, 3.63) is 28.2 Å². The van der Waals surface area contributed by atoms with Crippen molar-refractivity contribution < 1.29 is 0 Å². The highest BCUT2D eigenvalue weighted by Gasteiger charge is 2.23. The topological polar surface area (TPSA) is 12.0 Å². The Morgan fingerprint density at radius 3 is 2.92 bits per heavy atom. The predicted octanol–water partition coefficient (Wildman–Crippen LogP) is 3.61. The van der Waals surface area contributed by atoms with Crippen molar-refractivity contribution >= 4 is 21.6 Å². The van der Waals surface area contributed by atoms with Gasteiger partial charge < -0.3 is 5.32 Å². The van der Waals surface area contributed by atoms with Gasteiger partial charge in [0.15, 0.2) is 0 Å². The molecule has 2 atom stereocenters. The van der Waals surface area contributed by atoms with Gasteiger partial charge in [0, 0.05) is 16.7 Å². The van der Waals surface area contributed by atoms with Gasteiger partial charge in [0.2, 0.25) is 0 Å². The molecule has 1 nitrogen and oxygen atoms in total. The Hall–Kier alpha value is -0.500. The minimum absolute atomic E-state index is 0.645. The summed E-state index contributed by atoms with van der Waals surface area (Å²) in [7, 11) is 0. The normalized spacial score (nSPS) is 26.4. The van der Waals surface area contributed by atoms with E-state index >= 15 is 0 Å². The molecule has 1 aromatic carbocycles. The molecule has 0 aliphatic carbocycles. The van der Waals surface area contributed by atoms with Crippen molar-refractivity contribution in [1.29, 1.82) is 0 Å². The van der Waals surface area contributed by atoms with E-state index in [0.29, 0.717) is 11.8 Å². The number of nitrogens with one attached hydrogen (secondary N) is 1. The maximum absolute atomic E-state index is 3.61. The van der Waals surface area contributed by atoms with E-state index < -0.39 is 0 Å². The van der Waals surface area contributed by atoms with Gasteiger partial charge in [0.05, 0.1) is 0 Å². The van der Waals surface area contributed by atoms with E-state index in [-0.39, 0.29) is 0 Å². The van der Waals surface area contributed by atoms with E-state index in [4.69, 9.17) is 0 Å². The summed E-state index contributed by atoms with van der Waals surface area (Å²) < 4.78 is 1.23. The molecule has 0 radical (unpaired) electrons. The van der Waals surface area contributed by atoms with Gasteiger partial charge in [-0.15, -0.1) is 0 Å². The summed E-state index contributed by atoms with van der Waals surface area (Å²) in [5.74, 6) is 1.36. The molecule has 1 aliphatic heterocycles. The molecule has 0 bridgehead atoms. The molecule has 0 spiro atoms. The number of benzene rings is 1. The summed E-state index contributed by atoms with van der Waals surface area (Å²) in [6.07, 6.45) is 0. The van der Waals surface area contributed by atoms with E-state index in [1.165, 1.54) is 15.7 Å². The smallest absolute Gasteiger partial charge is 0.0387 e. The molecular weight excluding hydrogens is 226 g/mol. The maximum Gasteiger partial charge on any atom is 0.0387 e. The van der Waals surface area contributed by atoms with Crippen LogP contribution in [0.3, 0.4) is 0 Å². The van der Waals surface area contributed by atoms with Crippen LogP contribution in [0.15, 0.2) is 22.7 Å². The van der Waals surface area contributed by atoms with Crippen LogP contribution >= 0.6 is 15.9 Å². The quantitative estimate of drug-likeness (QED) is 0.730. The Labute approximate surface area is 87.7 Å². The molecule has 0 saturated carbocycles. The zero-order chi connectivity index (χ0) is 9.42. The van der Waals surface area contributed by atoms with Crippen molar-refractivity contribution in [2.45, 2.75) is 19.8 Å². The summed E-state index contributed by atoms with van der Waals surface area (Å²) in [5.41, 5.74) is 2.72. The molecule has 0 fully saturated rings. The van der Waals surface area contributed by atoms with Crippen LogP contribution < -0.4 is 5.32 Å². The van der Waals surface area contributed by atoms with E-state index in [9.17, 15) is 0 Å². The average molecular weight is 240 g/mol. The molecular formula is C11H14BrN. The van der Waals surface area contributed by atoms with Crippen molar-refractivity contribution in [3.8, 4) is 0 Å². The lowest BCUT2D eigenvalue weighted by molar-refractivity contribution is 0.496. The zero-order valence-electron chi connectivity index (χ0n) is 7.97. The third-order valence-corrected chi connectivity index (χ3v) is 3.67. The van der Waals surface area contributed by atoms with Crippen molar-refractivity contribution in [2.75, 3.05) is 11.9 Å². The van der Waals surface area contributed by atoms with Crippen LogP contribution in [-0.4, -0.2) is 6.54 Å². The molecule has 13 heavy (non-hydrogen) atoms. The fourth-order valence-electron chi connectivity index (χ4n) is 1.89. The van der Waals surface area contributed by atoms with Crippen LogP contribution in [0.4, 0.5) is 5.69 Å². The molecule has 2 heteroatoms. The van der Waals surface area contributed by atoms with Crippen LogP contribution in [0.2, 0.25) is 0 Å². The van der Waals surface area contributed by atoms with Crippen LogP contribution in [-0.2, 0) is 0 Å². The van der Waals surface area contributed by atoms with Gasteiger partial charge in [-0.2, -0.15) is 0 Å². The van der Waals surface area contributed by atoms with E-state index in [2.05, 4.69) is 53.3 Å². The predicted molar refractivity (Wildman–Crippen MR) is 60.2 cm³/mol. The lowest BCUT2D eigenvalue weighted by Crippen LogP contribution is -2.24. The fourth-order valence-corrected chi connectivity index (χ4v) is 2.61. The molecule has 1 aromatic rings. The molecule has 2 rings (SSSR count). The maximum atomic E-state index is 3.61. The number of fused-ring (bicyclic) bond motifs is 1. The first-order valence-electron chi connectivity index (χ1n) is 4.72. The Morgan fingerprint density at radius 2 is 2.15 bits per heavy atom. The Bertz CT molecular complexity index is 322. The molecule has 70 valence electrons. The third kappa shape index (κ3) is 1.48. The Kier molecular flexibility index (Phi) is 2.33. The lowest BCUT2D eigenvalue weighted by atomic mass is 9.85. The second-order valence-electron chi connectivity index (χ2n) is 3.85. The highest BCUT2D eigenvalue weighted by molar-refractivity contribution is 9.10. The molecule has 1 aliphatic rings. The number of anilines is 1. The minimum Gasteiger partial charge on any atom is -0.384 e. The van der Waals surface area contributed by atoms with E-state index in [0.717, 1.165) is 6.54 Å². The fraction of sp³-hybridized carbons (Fsp3) is 0.455. The van der Waals surface area contributed by atoms with Gasteiger partial charge in [0.1, 0.15) is 0 Å². The Morgan fingerprint density at radius 1 is 1.38 bits per heavy atom. The Balaban J connectivity index is 2.51. The van der Waals surface area contributed by atoms with Crippen LogP contribution in [0, 0.1) is 5.92 Å². The van der Waals surface area contributed by atoms with Crippen LogP contribution in [0.25, 0.3) is 0 Å². The number of rotatable bonds is 0. The first-order valence-corrected chi connectivity index (χ1v) is 5.51. The standard InChI is InChI=1S/C11H14BrN/c1-7-6-13-10-5-3-4-9(12)11(10)8(7)2/h3-5,7-8,13H,6H2,1-2H3. The third-order valence-electron chi connectivity index (χ3n) is 2.98. The van der Waals surface area contributed by atoms with Gasteiger partial charge in [0.25, 0.3) is 0 Å². The second-order valence-corrected chi connectivity index (χ2v) is 4.70. The monoisotopic (exact) mass is 239 g/mol. The number of hydrogen-bond acceptors (Lipinski definition) is 1. The molecule has 1 N–H and O–H groups in total. The molecule has 0 aromatic heterocycles. The lowest BCUT2D eigenvalue weighted by Gasteiger charge is -2.30. The summed E-state index contributed by atoms with van der Waals surface area (Å²) in [6.45, 7) is 5.68. The molecule has 1 heterocycles. The summed E-state index contributed by atoms with van der Waals surface area (Å²) in [5, 5.41) is 3.45. The second kappa shape index (κ2) is 3.33. The first kappa shape index (κ1) is 9.07. The molecule has 0 saturated heterocycles. The number of hydrogen-bond donors (Lipinski definition) is 1. The largest absolute Gasteiger partial charge is 0.384 e. The van der Waals surface area contributed by atoms with Crippen molar-refractivity contribution in [1.82, 2.24) is 0 Å². The van der Waals surface area contributed by atoms with Crippen molar-refractivity contribution in [3.63, 3.8) is 0 Å². The van der Waals surface area contributed by atoms with Gasteiger partial charge in [-0.25, -0.2) is 0 Å². The minimum atomic E-state index is 0.645. The first-order chi connectivity index (χ1) is 6.20. The van der Waals surface area contributed by atoms with Gasteiger partial charge in [-0.05, 0) is 29.5 Å². The van der Waals surface area contributed by atoms with Gasteiger partial charge in [-0.1, -0.05) is 35.8 Å². The SMILES string of the molecule is CC1CNc2cccc(Br)c2C1C. The van der Waals surface area contributed by atoms with E-state index in [1.807, 2.05) is 0 Å². The summed E-state index contributed by atoms with van der Waals surface area (Å²) in [4.78, 5) is 0. The van der Waals surface area contributed by atoms with Crippen LogP contribution in [0.5, 0.6) is 0 Å². The molecule has 0 amide bonds. The average Bonchev–Trinajstić information content (AvgIpc) is 2.12. The molecule has 2 unspecified atom stereocenters. The van der Waals surface area contributed by atoms with Crippen LogP contribution in [0.1, 0.15) is 25.3 Å². The van der Waals surface area contributed by atoms with Gasteiger partial charge >= 0.3 is 0 Å².